The van der Waals surface area contributed by atoms with Crippen LogP contribution >= 0.6 is 34.2 Å². The second-order valence-corrected chi connectivity index (χ2v) is 5.80. The molecule has 0 heterocycles. The zero-order valence-electron chi connectivity index (χ0n) is 10.9. The van der Waals surface area contributed by atoms with Crippen molar-refractivity contribution in [1.29, 1.82) is 0 Å². The molecule has 1 aromatic carbocycles. The number of halogens is 5. The van der Waals surface area contributed by atoms with E-state index < -0.39 is 29.0 Å². The summed E-state index contributed by atoms with van der Waals surface area (Å²) in [6.45, 7) is 0. The molecule has 0 spiro atoms. The third kappa shape index (κ3) is 3.82. The number of nitrogens with one attached hydrogen (secondary N) is 1. The van der Waals surface area contributed by atoms with Crippen LogP contribution in [0, 0.1) is 3.57 Å². The Morgan fingerprint density at radius 1 is 1.32 bits per heavy atom. The van der Waals surface area contributed by atoms with Gasteiger partial charge >= 0.3 is 12.1 Å². The van der Waals surface area contributed by atoms with Gasteiger partial charge in [-0.1, -0.05) is 0 Å². The predicted octanol–water partition coefficient (Wildman–Crippen LogP) is 2.30. The van der Waals surface area contributed by atoms with Crippen LogP contribution in [-0.4, -0.2) is 41.2 Å². The highest BCUT2D eigenvalue weighted by Crippen LogP contribution is 2.37. The van der Waals surface area contributed by atoms with Gasteiger partial charge in [-0.2, -0.15) is 13.2 Å². The number of ether oxygens (including phenoxy) is 1. The molecule has 5 nitrogen and oxygen atoms in total. The molecule has 0 aliphatic rings. The van der Waals surface area contributed by atoms with Crippen LogP contribution < -0.4 is 5.32 Å². The molecule has 0 aromatic heterocycles. The number of rotatable bonds is 4. The van der Waals surface area contributed by atoms with Crippen molar-refractivity contribution in [2.75, 3.05) is 12.4 Å². The fourth-order valence-electron chi connectivity index (χ4n) is 1.45. The Hall–Kier alpha value is -1.07. The lowest BCUT2D eigenvalue weighted by molar-refractivity contribution is -0.260. The Balaban J connectivity index is 3.04. The van der Waals surface area contributed by atoms with E-state index in [0.717, 1.165) is 3.57 Å². The van der Waals surface area contributed by atoms with Gasteiger partial charge in [0, 0.05) is 9.26 Å². The molecule has 0 fully saturated rings. The lowest BCUT2D eigenvalue weighted by atomic mass is 9.98. The molecule has 2 atom stereocenters. The number of amides is 1. The first kappa shape index (κ1) is 19.0. The van der Waals surface area contributed by atoms with Crippen LogP contribution in [0.3, 0.4) is 0 Å². The van der Waals surface area contributed by atoms with Crippen molar-refractivity contribution >= 4 is 51.8 Å². The van der Waals surface area contributed by atoms with Crippen molar-refractivity contribution in [3.63, 3.8) is 0 Å². The summed E-state index contributed by atoms with van der Waals surface area (Å²) >= 11 is 7.39. The van der Waals surface area contributed by atoms with Gasteiger partial charge in [-0.15, -0.1) is 11.6 Å². The highest BCUT2D eigenvalue weighted by atomic mass is 127. The molecule has 0 unspecified atom stereocenters. The first-order chi connectivity index (χ1) is 10.0. The molecule has 0 radical (unpaired) electrons. The fraction of sp³-hybridized carbons (Fsp3) is 0.333. The van der Waals surface area contributed by atoms with Gasteiger partial charge in [0.05, 0.1) is 7.11 Å². The molecule has 10 heteroatoms. The number of benzene rings is 1. The molecule has 0 aliphatic heterocycles. The van der Waals surface area contributed by atoms with Crippen LogP contribution in [0.2, 0.25) is 0 Å². The summed E-state index contributed by atoms with van der Waals surface area (Å²) in [6.07, 6.45) is -5.49. The van der Waals surface area contributed by atoms with Crippen LogP contribution in [0.5, 0.6) is 0 Å². The number of hydrogen-bond acceptors (Lipinski definition) is 4. The molecule has 2 N–H and O–H groups in total. The van der Waals surface area contributed by atoms with Crippen molar-refractivity contribution in [3.05, 3.63) is 27.8 Å². The summed E-state index contributed by atoms with van der Waals surface area (Å²) in [7, 11) is 0.639. The number of anilines is 1. The minimum Gasteiger partial charge on any atom is -0.467 e. The summed E-state index contributed by atoms with van der Waals surface area (Å²) in [5, 5.41) is 9.04. The summed E-state index contributed by atoms with van der Waals surface area (Å²) < 4.78 is 43.5. The average Bonchev–Trinajstić information content (AvgIpc) is 2.45. The molecule has 1 aromatic rings. The first-order valence-corrected chi connectivity index (χ1v) is 7.13. The maximum absolute atomic E-state index is 12.9. The topological polar surface area (TPSA) is 75.6 Å². The van der Waals surface area contributed by atoms with Gasteiger partial charge in [0.1, 0.15) is 0 Å². The number of esters is 1. The second-order valence-electron chi connectivity index (χ2n) is 4.11. The minimum atomic E-state index is -5.49. The Morgan fingerprint density at radius 3 is 2.23 bits per heavy atom. The minimum absolute atomic E-state index is 0.158. The molecule has 0 saturated heterocycles. The monoisotopic (exact) mass is 451 g/mol. The van der Waals surface area contributed by atoms with Gasteiger partial charge in [-0.05, 0) is 46.9 Å². The molecule has 0 bridgehead atoms. The van der Waals surface area contributed by atoms with E-state index in [1.807, 2.05) is 22.6 Å². The molecular weight excluding hydrogens is 441 g/mol. The summed E-state index contributed by atoms with van der Waals surface area (Å²) in [4.78, 5) is 23.1. The van der Waals surface area contributed by atoms with Gasteiger partial charge in [0.15, 0.2) is 5.38 Å². The Morgan fingerprint density at radius 2 is 1.82 bits per heavy atom. The van der Waals surface area contributed by atoms with Gasteiger partial charge in [0.2, 0.25) is 5.91 Å². The molecule has 0 saturated carbocycles. The van der Waals surface area contributed by atoms with E-state index in [1.54, 1.807) is 12.1 Å². The summed E-state index contributed by atoms with van der Waals surface area (Å²) in [5.41, 5.74) is -4.00. The van der Waals surface area contributed by atoms with E-state index in [4.69, 9.17) is 11.6 Å². The van der Waals surface area contributed by atoms with Gasteiger partial charge in [-0.25, -0.2) is 4.79 Å². The van der Waals surface area contributed by atoms with Crippen LogP contribution in [0.4, 0.5) is 18.9 Å². The highest BCUT2D eigenvalue weighted by Gasteiger charge is 2.67. The number of methoxy groups -OCH3 is 1. The van der Waals surface area contributed by atoms with Crippen LogP contribution in [0.25, 0.3) is 0 Å². The maximum atomic E-state index is 12.9. The van der Waals surface area contributed by atoms with Crippen LogP contribution in [-0.2, 0) is 14.3 Å². The second kappa shape index (κ2) is 7.01. The van der Waals surface area contributed by atoms with Crippen LogP contribution in [0.1, 0.15) is 0 Å². The highest BCUT2D eigenvalue weighted by molar-refractivity contribution is 14.1. The molecule has 0 aliphatic carbocycles. The standard InChI is InChI=1S/C12H10ClF3INO4/c1-22-10(20)11(21,12(14,15)16)8(13)9(19)18-7-4-2-6(17)3-5-7/h2-5,8,21H,1H3,(H,18,19)/t8-,11+/m0/s1. The molecule has 1 rings (SSSR count). The predicted molar refractivity (Wildman–Crippen MR) is 80.5 cm³/mol. The molecule has 22 heavy (non-hydrogen) atoms. The van der Waals surface area contributed by atoms with Gasteiger partial charge in [-0.3, -0.25) is 4.79 Å². The molecule has 1 amide bonds. The van der Waals surface area contributed by atoms with E-state index in [9.17, 15) is 27.9 Å². The third-order valence-electron chi connectivity index (χ3n) is 2.64. The van der Waals surface area contributed by atoms with Crippen molar-refractivity contribution in [1.82, 2.24) is 0 Å². The number of carbonyl (C=O) groups is 2. The third-order valence-corrected chi connectivity index (χ3v) is 3.87. The maximum Gasteiger partial charge on any atom is 0.430 e. The summed E-state index contributed by atoms with van der Waals surface area (Å²) in [5.74, 6) is -3.47. The van der Waals surface area contributed by atoms with Gasteiger partial charge in [0.25, 0.3) is 5.60 Å². The number of aliphatic hydroxyl groups is 1. The zero-order valence-corrected chi connectivity index (χ0v) is 13.9. The smallest absolute Gasteiger partial charge is 0.430 e. The van der Waals surface area contributed by atoms with Crippen LogP contribution in [0.15, 0.2) is 24.3 Å². The van der Waals surface area contributed by atoms with E-state index in [0.29, 0.717) is 7.11 Å². The van der Waals surface area contributed by atoms with E-state index in [1.165, 1.54) is 12.1 Å². The zero-order chi connectivity index (χ0) is 17.1. The van der Waals surface area contributed by atoms with Crippen molar-refractivity contribution in [3.8, 4) is 0 Å². The SMILES string of the molecule is COC(=O)[C@](O)([C@@H](Cl)C(=O)Nc1ccc(I)cc1)C(F)(F)F. The Labute approximate surface area is 141 Å². The van der Waals surface area contributed by atoms with Crippen molar-refractivity contribution in [2.45, 2.75) is 17.2 Å². The van der Waals surface area contributed by atoms with E-state index in [-0.39, 0.29) is 5.69 Å². The number of carbonyl (C=O) groups excluding carboxylic acids is 2. The summed E-state index contributed by atoms with van der Waals surface area (Å²) in [6, 6.07) is 6.04. The Bertz CT molecular complexity index is 566. The van der Waals surface area contributed by atoms with Crippen molar-refractivity contribution in [2.24, 2.45) is 0 Å². The van der Waals surface area contributed by atoms with Gasteiger partial charge < -0.3 is 15.2 Å². The van der Waals surface area contributed by atoms with Crippen molar-refractivity contribution < 1.29 is 32.6 Å². The molecular formula is C12H10ClF3INO4. The quantitative estimate of drug-likeness (QED) is 0.419. The average molecular weight is 452 g/mol. The largest absolute Gasteiger partial charge is 0.467 e. The number of hydrogen-bond donors (Lipinski definition) is 2. The lowest BCUT2D eigenvalue weighted by Crippen LogP contribution is -2.62. The lowest BCUT2D eigenvalue weighted by Gasteiger charge is -2.30. The normalized spacial score (nSPS) is 15.6. The first-order valence-electron chi connectivity index (χ1n) is 5.62. The number of alkyl halides is 4. The molecule has 122 valence electrons. The fourth-order valence-corrected chi connectivity index (χ4v) is 2.07. The van der Waals surface area contributed by atoms with E-state index in [2.05, 4.69) is 10.1 Å². The van der Waals surface area contributed by atoms with E-state index >= 15 is 0 Å². The Kier molecular flexibility index (Phi) is 6.04.